The van der Waals surface area contributed by atoms with Crippen molar-refractivity contribution in [1.29, 1.82) is 0 Å². The van der Waals surface area contributed by atoms with Crippen LogP contribution in [-0.2, 0) is 22.7 Å². The van der Waals surface area contributed by atoms with Gasteiger partial charge >= 0.3 is 0 Å². The second kappa shape index (κ2) is 11.6. The summed E-state index contributed by atoms with van der Waals surface area (Å²) in [5.74, 6) is -0.981. The Morgan fingerprint density at radius 2 is 1.82 bits per heavy atom. The number of Topliss-reactive ketones (excluding diaryl/α,β-unsaturated/α-hetero) is 1. The summed E-state index contributed by atoms with van der Waals surface area (Å²) >= 11 is 6.27. The lowest BCUT2D eigenvalue weighted by molar-refractivity contribution is -0.139. The van der Waals surface area contributed by atoms with E-state index >= 15 is 0 Å². The van der Waals surface area contributed by atoms with Crippen molar-refractivity contribution in [3.63, 3.8) is 0 Å². The highest BCUT2D eigenvalue weighted by Gasteiger charge is 2.45. The van der Waals surface area contributed by atoms with Crippen molar-refractivity contribution in [2.24, 2.45) is 0 Å². The van der Waals surface area contributed by atoms with Crippen LogP contribution in [-0.4, -0.2) is 37.8 Å². The van der Waals surface area contributed by atoms with Crippen molar-refractivity contribution in [3.05, 3.63) is 124 Å². The van der Waals surface area contributed by atoms with Gasteiger partial charge in [-0.2, -0.15) is 0 Å². The highest BCUT2D eigenvalue weighted by molar-refractivity contribution is 6.46. The van der Waals surface area contributed by atoms with E-state index in [0.717, 1.165) is 11.1 Å². The Balaban J connectivity index is 1.41. The molecule has 0 bridgehead atoms. The van der Waals surface area contributed by atoms with E-state index in [-0.39, 0.29) is 11.3 Å². The van der Waals surface area contributed by atoms with Gasteiger partial charge in [0.1, 0.15) is 18.1 Å². The van der Waals surface area contributed by atoms with Gasteiger partial charge in [-0.05, 0) is 60.9 Å². The number of carbonyl (C=O) groups is 2. The molecule has 198 valence electrons. The first kappa shape index (κ1) is 26.3. The molecule has 3 aromatic carbocycles. The number of ketones is 1. The van der Waals surface area contributed by atoms with Crippen LogP contribution in [0.25, 0.3) is 5.76 Å². The first-order valence-electron chi connectivity index (χ1n) is 12.7. The first-order valence-corrected chi connectivity index (χ1v) is 13.1. The molecule has 0 aliphatic carbocycles. The van der Waals surface area contributed by atoms with Crippen molar-refractivity contribution < 1.29 is 19.4 Å². The molecule has 1 aromatic heterocycles. The second-order valence-electron chi connectivity index (χ2n) is 9.50. The van der Waals surface area contributed by atoms with Crippen molar-refractivity contribution in [2.75, 3.05) is 6.54 Å². The quantitative estimate of drug-likeness (QED) is 0.161. The molecule has 1 aliphatic rings. The summed E-state index contributed by atoms with van der Waals surface area (Å²) in [6, 6.07) is 21.2. The predicted octanol–water partition coefficient (Wildman–Crippen LogP) is 5.94. The van der Waals surface area contributed by atoms with E-state index in [4.69, 9.17) is 16.3 Å². The zero-order chi connectivity index (χ0) is 27.4. The van der Waals surface area contributed by atoms with Gasteiger partial charge in [0, 0.05) is 36.1 Å². The van der Waals surface area contributed by atoms with Gasteiger partial charge in [0.25, 0.3) is 11.7 Å². The Morgan fingerprint density at radius 1 is 1.03 bits per heavy atom. The minimum atomic E-state index is -0.760. The van der Waals surface area contributed by atoms with Crippen molar-refractivity contribution in [2.45, 2.75) is 32.5 Å². The summed E-state index contributed by atoms with van der Waals surface area (Å²) in [5, 5.41) is 11.8. The largest absolute Gasteiger partial charge is 0.507 e. The summed E-state index contributed by atoms with van der Waals surface area (Å²) in [6.07, 6.45) is 5.85. The van der Waals surface area contributed by atoms with Crippen LogP contribution in [0.2, 0.25) is 5.02 Å². The molecule has 2 heterocycles. The first-order chi connectivity index (χ1) is 18.9. The number of carbonyl (C=O) groups excluding carboxylic acids is 2. The lowest BCUT2D eigenvalue weighted by Gasteiger charge is -2.25. The maximum absolute atomic E-state index is 13.3. The smallest absolute Gasteiger partial charge is 0.295 e. The molecule has 7 nitrogen and oxygen atoms in total. The molecular weight excluding hydrogens is 514 g/mol. The van der Waals surface area contributed by atoms with E-state index in [2.05, 4.69) is 11.1 Å². The van der Waals surface area contributed by atoms with E-state index in [1.807, 2.05) is 35.9 Å². The predicted molar refractivity (Wildman–Crippen MR) is 149 cm³/mol. The SMILES string of the molecule is Cc1cccc(COc2ccc(/C(O)=C3\C(=O)C(=O)N(CCCn4ccnc4)[C@H]3c3cccc(Cl)c3)cc2)c1. The van der Waals surface area contributed by atoms with E-state index in [9.17, 15) is 14.7 Å². The Labute approximate surface area is 231 Å². The average molecular weight is 542 g/mol. The number of likely N-dealkylation sites (tertiary alicyclic amines) is 1. The number of hydrogen-bond donors (Lipinski definition) is 1. The Kier molecular flexibility index (Phi) is 7.79. The molecule has 1 atom stereocenters. The molecule has 1 fully saturated rings. The number of aliphatic hydroxyl groups is 1. The molecular formula is C31H28ClN3O4. The fourth-order valence-electron chi connectivity index (χ4n) is 4.81. The number of aryl methyl sites for hydroxylation is 2. The van der Waals surface area contributed by atoms with Crippen LogP contribution < -0.4 is 4.74 Å². The fourth-order valence-corrected chi connectivity index (χ4v) is 5.01. The van der Waals surface area contributed by atoms with Crippen LogP contribution in [0.3, 0.4) is 0 Å². The van der Waals surface area contributed by atoms with Crippen LogP contribution in [0.15, 0.2) is 97.1 Å². The van der Waals surface area contributed by atoms with Gasteiger partial charge in [-0.3, -0.25) is 9.59 Å². The number of nitrogens with zero attached hydrogens (tertiary/aromatic N) is 3. The molecule has 4 aromatic rings. The average Bonchev–Trinajstić information content (AvgIpc) is 3.54. The zero-order valence-electron chi connectivity index (χ0n) is 21.5. The van der Waals surface area contributed by atoms with Crippen molar-refractivity contribution in [1.82, 2.24) is 14.5 Å². The number of hydrogen-bond acceptors (Lipinski definition) is 5. The molecule has 0 saturated carbocycles. The van der Waals surface area contributed by atoms with E-state index < -0.39 is 17.7 Å². The van der Waals surface area contributed by atoms with Crippen molar-refractivity contribution >= 4 is 29.1 Å². The van der Waals surface area contributed by atoms with Crippen LogP contribution >= 0.6 is 11.6 Å². The maximum atomic E-state index is 13.3. The normalized spacial score (nSPS) is 16.6. The van der Waals surface area contributed by atoms with Gasteiger partial charge in [-0.1, -0.05) is 53.6 Å². The molecule has 1 N–H and O–H groups in total. The molecule has 0 radical (unpaired) electrons. The maximum Gasteiger partial charge on any atom is 0.295 e. The highest BCUT2D eigenvalue weighted by Crippen LogP contribution is 2.40. The lowest BCUT2D eigenvalue weighted by Crippen LogP contribution is -2.31. The second-order valence-corrected chi connectivity index (χ2v) is 9.94. The van der Waals surface area contributed by atoms with Gasteiger partial charge in [-0.15, -0.1) is 0 Å². The summed E-state index contributed by atoms with van der Waals surface area (Å²) in [5.41, 5.74) is 3.32. The molecule has 0 unspecified atom stereocenters. The summed E-state index contributed by atoms with van der Waals surface area (Å²) in [4.78, 5) is 32.0. The number of aliphatic hydroxyl groups excluding tert-OH is 1. The van der Waals surface area contributed by atoms with Gasteiger partial charge in [0.05, 0.1) is 17.9 Å². The summed E-state index contributed by atoms with van der Waals surface area (Å²) in [6.45, 7) is 3.39. The molecule has 1 saturated heterocycles. The fraction of sp³-hybridized carbons (Fsp3) is 0.194. The van der Waals surface area contributed by atoms with Crippen LogP contribution in [0.5, 0.6) is 5.75 Å². The Bertz CT molecular complexity index is 1510. The topological polar surface area (TPSA) is 84.7 Å². The number of aromatic nitrogens is 2. The number of imidazole rings is 1. The lowest BCUT2D eigenvalue weighted by atomic mass is 9.95. The number of amides is 1. The third-order valence-corrected chi connectivity index (χ3v) is 6.93. The molecule has 5 rings (SSSR count). The minimum Gasteiger partial charge on any atom is -0.507 e. The van der Waals surface area contributed by atoms with Gasteiger partial charge < -0.3 is 19.3 Å². The third kappa shape index (κ3) is 5.89. The van der Waals surface area contributed by atoms with Crippen LogP contribution in [0.1, 0.15) is 34.7 Å². The molecule has 8 heteroatoms. The van der Waals surface area contributed by atoms with E-state index in [1.165, 1.54) is 4.90 Å². The number of benzene rings is 3. The van der Waals surface area contributed by atoms with Gasteiger partial charge in [-0.25, -0.2) is 4.98 Å². The monoisotopic (exact) mass is 541 g/mol. The van der Waals surface area contributed by atoms with Gasteiger partial charge in [0.2, 0.25) is 0 Å². The summed E-state index contributed by atoms with van der Waals surface area (Å²) in [7, 11) is 0. The molecule has 1 aliphatic heterocycles. The van der Waals surface area contributed by atoms with E-state index in [1.54, 1.807) is 61.1 Å². The molecule has 0 spiro atoms. The van der Waals surface area contributed by atoms with Crippen molar-refractivity contribution in [3.8, 4) is 5.75 Å². The number of ether oxygens (including phenoxy) is 1. The molecule has 39 heavy (non-hydrogen) atoms. The zero-order valence-corrected chi connectivity index (χ0v) is 22.2. The number of halogens is 1. The van der Waals surface area contributed by atoms with E-state index in [0.29, 0.717) is 48.0 Å². The van der Waals surface area contributed by atoms with Gasteiger partial charge in [0.15, 0.2) is 0 Å². The summed E-state index contributed by atoms with van der Waals surface area (Å²) < 4.78 is 7.80. The van der Waals surface area contributed by atoms with Crippen LogP contribution in [0.4, 0.5) is 0 Å². The minimum absolute atomic E-state index is 0.0401. The Hall–Kier alpha value is -4.36. The standard InChI is InChI=1S/C31H28ClN3O4/c1-21-5-2-6-22(17-21)19-39-26-11-9-23(10-12-26)29(36)27-28(24-7-3-8-25(32)18-24)35(31(38)30(27)37)15-4-14-34-16-13-33-20-34/h2-3,5-13,16-18,20,28,36H,4,14-15,19H2,1H3/b29-27+/t28-/m0/s1. The molecule has 1 amide bonds. The number of rotatable bonds is 9. The third-order valence-electron chi connectivity index (χ3n) is 6.69. The Morgan fingerprint density at radius 3 is 2.54 bits per heavy atom. The van der Waals surface area contributed by atoms with Crippen LogP contribution in [0, 0.1) is 6.92 Å². The highest BCUT2D eigenvalue weighted by atomic mass is 35.5.